The Morgan fingerprint density at radius 3 is 3.00 bits per heavy atom. The molecule has 2 heterocycles. The first-order chi connectivity index (χ1) is 9.26. The number of hydrogen-bond donors (Lipinski definition) is 1. The molecule has 1 aromatic heterocycles. The predicted octanol–water partition coefficient (Wildman–Crippen LogP) is 1.49. The molecule has 0 fully saturated rings. The van der Waals surface area contributed by atoms with Crippen molar-refractivity contribution in [1.82, 2.24) is 10.1 Å². The van der Waals surface area contributed by atoms with Crippen LogP contribution < -0.4 is 15.4 Å². The summed E-state index contributed by atoms with van der Waals surface area (Å²) in [5.41, 5.74) is 6.24. The zero-order valence-electron chi connectivity index (χ0n) is 10.6. The molecule has 0 amide bonds. The number of nitrogens with zero attached hydrogens (tertiary/aromatic N) is 3. The molecular weight excluding hydrogens is 287 g/mol. The first-order valence-electron chi connectivity index (χ1n) is 5.95. The Bertz CT molecular complexity index is 593. The number of anilines is 1. The van der Waals surface area contributed by atoms with Crippen molar-refractivity contribution in [1.29, 1.82) is 0 Å². The highest BCUT2D eigenvalue weighted by molar-refractivity contribution is 5.85. The maximum atomic E-state index is 13.1. The van der Waals surface area contributed by atoms with Crippen LogP contribution in [0.25, 0.3) is 0 Å². The van der Waals surface area contributed by atoms with E-state index in [1.807, 2.05) is 4.90 Å². The molecule has 0 saturated carbocycles. The van der Waals surface area contributed by atoms with Gasteiger partial charge in [-0.25, -0.2) is 4.39 Å². The van der Waals surface area contributed by atoms with Crippen LogP contribution in [-0.4, -0.2) is 23.3 Å². The van der Waals surface area contributed by atoms with Gasteiger partial charge >= 0.3 is 0 Å². The zero-order valence-corrected chi connectivity index (χ0v) is 11.4. The van der Waals surface area contributed by atoms with E-state index in [2.05, 4.69) is 10.1 Å². The Kier molecular flexibility index (Phi) is 4.41. The molecule has 0 atom stereocenters. The molecule has 1 aliphatic heterocycles. The summed E-state index contributed by atoms with van der Waals surface area (Å²) in [7, 11) is 0. The molecule has 8 heteroatoms. The average molecular weight is 301 g/mol. The fourth-order valence-corrected chi connectivity index (χ4v) is 2.02. The number of nitrogens with two attached hydrogens (primary N) is 1. The minimum atomic E-state index is -0.314. The highest BCUT2D eigenvalue weighted by Gasteiger charge is 2.20. The number of rotatable bonds is 3. The SMILES string of the molecule is Cl.NCc1nc(CN2CCOc3cc(F)ccc32)no1. The van der Waals surface area contributed by atoms with Gasteiger partial charge in [-0.1, -0.05) is 5.16 Å². The van der Waals surface area contributed by atoms with Crippen molar-refractivity contribution in [2.24, 2.45) is 5.73 Å². The van der Waals surface area contributed by atoms with Crippen LogP contribution >= 0.6 is 12.4 Å². The average Bonchev–Trinajstić information content (AvgIpc) is 2.86. The van der Waals surface area contributed by atoms with Gasteiger partial charge in [0.2, 0.25) is 5.89 Å². The second-order valence-corrected chi connectivity index (χ2v) is 4.19. The van der Waals surface area contributed by atoms with E-state index in [4.69, 9.17) is 15.0 Å². The van der Waals surface area contributed by atoms with Crippen LogP contribution in [0, 0.1) is 5.82 Å². The molecule has 2 aromatic rings. The lowest BCUT2D eigenvalue weighted by Crippen LogP contribution is -2.32. The van der Waals surface area contributed by atoms with E-state index in [-0.39, 0.29) is 24.8 Å². The van der Waals surface area contributed by atoms with Gasteiger partial charge in [-0.15, -0.1) is 12.4 Å². The molecule has 20 heavy (non-hydrogen) atoms. The first kappa shape index (κ1) is 14.5. The molecule has 0 unspecified atom stereocenters. The molecule has 0 radical (unpaired) electrons. The lowest BCUT2D eigenvalue weighted by Gasteiger charge is -2.30. The second kappa shape index (κ2) is 6.06. The topological polar surface area (TPSA) is 77.4 Å². The number of ether oxygens (including phenoxy) is 1. The standard InChI is InChI=1S/C12H13FN4O2.ClH/c13-8-1-2-9-10(5-8)18-4-3-17(9)7-11-15-12(6-14)19-16-11;/h1-2,5H,3-4,6-7,14H2;1H. The van der Waals surface area contributed by atoms with E-state index in [1.165, 1.54) is 12.1 Å². The molecule has 0 saturated heterocycles. The lowest BCUT2D eigenvalue weighted by molar-refractivity contribution is 0.304. The Labute approximate surface area is 121 Å². The van der Waals surface area contributed by atoms with Crippen LogP contribution in [-0.2, 0) is 13.1 Å². The fourth-order valence-electron chi connectivity index (χ4n) is 2.02. The van der Waals surface area contributed by atoms with E-state index in [9.17, 15) is 4.39 Å². The summed E-state index contributed by atoms with van der Waals surface area (Å²) in [6.45, 7) is 1.88. The Hall–Kier alpha value is -1.86. The van der Waals surface area contributed by atoms with E-state index >= 15 is 0 Å². The van der Waals surface area contributed by atoms with Crippen LogP contribution in [0.4, 0.5) is 10.1 Å². The largest absolute Gasteiger partial charge is 0.489 e. The third-order valence-corrected chi connectivity index (χ3v) is 2.90. The first-order valence-corrected chi connectivity index (χ1v) is 5.95. The highest BCUT2D eigenvalue weighted by Crippen LogP contribution is 2.32. The van der Waals surface area contributed by atoms with Gasteiger partial charge in [-0.2, -0.15) is 4.98 Å². The second-order valence-electron chi connectivity index (χ2n) is 4.19. The van der Waals surface area contributed by atoms with Gasteiger partial charge in [0, 0.05) is 6.07 Å². The van der Waals surface area contributed by atoms with Crippen molar-refractivity contribution < 1.29 is 13.7 Å². The minimum absolute atomic E-state index is 0. The van der Waals surface area contributed by atoms with Gasteiger partial charge in [-0.05, 0) is 12.1 Å². The number of hydrogen-bond acceptors (Lipinski definition) is 6. The quantitative estimate of drug-likeness (QED) is 0.925. The molecule has 0 aliphatic carbocycles. The molecule has 2 N–H and O–H groups in total. The third-order valence-electron chi connectivity index (χ3n) is 2.90. The predicted molar refractivity (Wildman–Crippen MR) is 72.4 cm³/mol. The summed E-state index contributed by atoms with van der Waals surface area (Å²) in [4.78, 5) is 6.17. The molecule has 0 bridgehead atoms. The summed E-state index contributed by atoms with van der Waals surface area (Å²) in [5, 5.41) is 3.85. The van der Waals surface area contributed by atoms with Gasteiger partial charge in [-0.3, -0.25) is 0 Å². The summed E-state index contributed by atoms with van der Waals surface area (Å²) >= 11 is 0. The van der Waals surface area contributed by atoms with Crippen molar-refractivity contribution in [3.63, 3.8) is 0 Å². The van der Waals surface area contributed by atoms with Crippen LogP contribution in [0.2, 0.25) is 0 Å². The van der Waals surface area contributed by atoms with Gasteiger partial charge in [0.1, 0.15) is 18.2 Å². The molecule has 3 rings (SSSR count). The van der Waals surface area contributed by atoms with Crippen molar-refractivity contribution in [2.45, 2.75) is 13.1 Å². The minimum Gasteiger partial charge on any atom is -0.489 e. The van der Waals surface area contributed by atoms with Gasteiger partial charge in [0.25, 0.3) is 0 Å². The highest BCUT2D eigenvalue weighted by atomic mass is 35.5. The van der Waals surface area contributed by atoms with Crippen LogP contribution in [0.1, 0.15) is 11.7 Å². The normalized spacial score (nSPS) is 13.4. The van der Waals surface area contributed by atoms with Crippen molar-refractivity contribution in [2.75, 3.05) is 18.1 Å². The van der Waals surface area contributed by atoms with Gasteiger partial charge in [0.15, 0.2) is 5.82 Å². The van der Waals surface area contributed by atoms with E-state index in [1.54, 1.807) is 6.07 Å². The number of benzene rings is 1. The van der Waals surface area contributed by atoms with E-state index in [0.717, 1.165) is 5.69 Å². The Morgan fingerprint density at radius 2 is 2.25 bits per heavy atom. The monoisotopic (exact) mass is 300 g/mol. The summed E-state index contributed by atoms with van der Waals surface area (Å²) in [5.74, 6) is 1.18. The zero-order chi connectivity index (χ0) is 13.2. The van der Waals surface area contributed by atoms with Crippen molar-refractivity contribution in [3.8, 4) is 5.75 Å². The van der Waals surface area contributed by atoms with E-state index in [0.29, 0.717) is 37.2 Å². The third kappa shape index (κ3) is 2.83. The summed E-state index contributed by atoms with van der Waals surface area (Å²) in [6.07, 6.45) is 0. The van der Waals surface area contributed by atoms with Gasteiger partial charge in [0.05, 0.1) is 25.3 Å². The maximum Gasteiger partial charge on any atom is 0.240 e. The van der Waals surface area contributed by atoms with Crippen molar-refractivity contribution in [3.05, 3.63) is 35.7 Å². The van der Waals surface area contributed by atoms with Crippen LogP contribution in [0.3, 0.4) is 0 Å². The number of halogens is 2. The number of fused-ring (bicyclic) bond motifs is 1. The van der Waals surface area contributed by atoms with Crippen molar-refractivity contribution >= 4 is 18.1 Å². The van der Waals surface area contributed by atoms with Crippen LogP contribution in [0.5, 0.6) is 5.75 Å². The van der Waals surface area contributed by atoms with E-state index < -0.39 is 0 Å². The van der Waals surface area contributed by atoms with Gasteiger partial charge < -0.3 is 19.9 Å². The molecular formula is C12H14ClFN4O2. The Morgan fingerprint density at radius 1 is 1.40 bits per heavy atom. The molecule has 0 spiro atoms. The molecule has 108 valence electrons. The van der Waals surface area contributed by atoms with Crippen LogP contribution in [0.15, 0.2) is 22.7 Å². The number of aromatic nitrogens is 2. The summed E-state index contributed by atoms with van der Waals surface area (Å²) in [6, 6.07) is 4.47. The maximum absolute atomic E-state index is 13.1. The fraction of sp³-hybridized carbons (Fsp3) is 0.333. The molecule has 1 aromatic carbocycles. The lowest BCUT2D eigenvalue weighted by atomic mass is 10.2. The molecule has 1 aliphatic rings. The molecule has 6 nitrogen and oxygen atoms in total. The smallest absolute Gasteiger partial charge is 0.240 e. The Balaban J connectivity index is 0.00000147. The summed E-state index contributed by atoms with van der Waals surface area (Å²) < 4.78 is 23.5.